The fraction of sp³-hybridized carbons (Fsp3) is 0. The minimum Gasteiger partial charge on any atom is -0.364 e. The van der Waals surface area contributed by atoms with Gasteiger partial charge in [-0.3, -0.25) is 0 Å². The summed E-state index contributed by atoms with van der Waals surface area (Å²) in [7, 11) is -1.17. The van der Waals surface area contributed by atoms with Gasteiger partial charge in [0.25, 0.3) is 0 Å². The summed E-state index contributed by atoms with van der Waals surface area (Å²) in [6, 6.07) is 19.5. The molecule has 2 aromatic carbocycles. The highest BCUT2D eigenvalue weighted by atomic mass is 127. The lowest BCUT2D eigenvalue weighted by atomic mass is 10.4. The van der Waals surface area contributed by atoms with Gasteiger partial charge in [0.05, 0.1) is 8.15 Å². The van der Waals surface area contributed by atoms with Crippen LogP contribution in [0.2, 0.25) is 0 Å². The summed E-state index contributed by atoms with van der Waals surface area (Å²) in [5.41, 5.74) is 0. The van der Waals surface area contributed by atoms with Crippen molar-refractivity contribution in [3.05, 3.63) is 60.7 Å². The summed E-state index contributed by atoms with van der Waals surface area (Å²) in [5, 5.41) is 1.99. The molecule has 0 spiro atoms. The molecule has 2 aromatic rings. The van der Waals surface area contributed by atoms with E-state index < -0.39 is 8.15 Å². The van der Waals surface area contributed by atoms with E-state index in [2.05, 4.69) is 0 Å². The Balaban J connectivity index is 0.00000112. The van der Waals surface area contributed by atoms with E-state index in [1.54, 1.807) is 0 Å². The molecule has 1 nitrogen and oxygen atoms in total. The summed E-state index contributed by atoms with van der Waals surface area (Å²) in [5.74, 6) is 0. The molecule has 2 rings (SSSR count). The monoisotopic (exact) mass is 458 g/mol. The first-order chi connectivity index (χ1) is 6.88. The molecule has 0 fully saturated rings. The topological polar surface area (TPSA) is 20.2 Å². The van der Waals surface area contributed by atoms with Gasteiger partial charge in [-0.15, -0.1) is 48.0 Å². The van der Waals surface area contributed by atoms with Gasteiger partial charge in [0.15, 0.2) is 0 Å². The molecular formula is C12H13I2OP. The van der Waals surface area contributed by atoms with Crippen LogP contribution in [-0.2, 0) is 0 Å². The predicted octanol–water partition coefficient (Wildman–Crippen LogP) is 3.26. The molecule has 4 heteroatoms. The second kappa shape index (κ2) is 8.39. The van der Waals surface area contributed by atoms with E-state index in [1.807, 2.05) is 60.7 Å². The highest BCUT2D eigenvalue weighted by Crippen LogP contribution is 2.26. The largest absolute Gasteiger partial charge is 0.364 e. The maximum absolute atomic E-state index is 10.1. The first-order valence-corrected chi connectivity index (χ1v) is 5.76. The quantitative estimate of drug-likeness (QED) is 0.542. The minimum absolute atomic E-state index is 0. The number of benzene rings is 2. The lowest BCUT2D eigenvalue weighted by Crippen LogP contribution is -2.09. The van der Waals surface area contributed by atoms with Crippen molar-refractivity contribution in [2.45, 2.75) is 0 Å². The van der Waals surface area contributed by atoms with Crippen molar-refractivity contribution in [1.82, 2.24) is 0 Å². The Hall–Kier alpha value is 0.290. The molecule has 0 bridgehead atoms. The van der Waals surface area contributed by atoms with Crippen molar-refractivity contribution in [3.63, 3.8) is 0 Å². The third-order valence-electron chi connectivity index (χ3n) is 2.00. The van der Waals surface area contributed by atoms with Crippen LogP contribution in [0.4, 0.5) is 0 Å². The second-order valence-electron chi connectivity index (χ2n) is 2.98. The average molecular weight is 458 g/mol. The van der Waals surface area contributed by atoms with Gasteiger partial charge in [0.2, 0.25) is 0 Å². The Morgan fingerprint density at radius 1 is 0.625 bits per heavy atom. The van der Waals surface area contributed by atoms with Crippen molar-refractivity contribution >= 4 is 66.7 Å². The Bertz CT molecular complexity index is 355. The minimum atomic E-state index is -1.17. The van der Waals surface area contributed by atoms with Gasteiger partial charge in [-0.2, -0.15) is 0 Å². The zero-order valence-electron chi connectivity index (χ0n) is 8.48. The molecular weight excluding hydrogens is 445 g/mol. The first-order valence-electron chi connectivity index (χ1n) is 4.47. The van der Waals surface area contributed by atoms with Crippen molar-refractivity contribution in [3.8, 4) is 0 Å². The predicted molar refractivity (Wildman–Crippen MR) is 92.1 cm³/mol. The van der Waals surface area contributed by atoms with Gasteiger partial charge in [-0.05, 0) is 0 Å². The summed E-state index contributed by atoms with van der Waals surface area (Å²) in [6.07, 6.45) is 0. The van der Waals surface area contributed by atoms with Gasteiger partial charge in [0, 0.05) is 10.6 Å². The molecule has 0 saturated carbocycles. The van der Waals surface area contributed by atoms with Crippen LogP contribution in [0.25, 0.3) is 0 Å². The Kier molecular flexibility index (Phi) is 8.54. The van der Waals surface area contributed by atoms with Crippen molar-refractivity contribution in [1.29, 1.82) is 0 Å². The van der Waals surface area contributed by atoms with Gasteiger partial charge >= 0.3 is 0 Å². The second-order valence-corrected chi connectivity index (χ2v) is 4.64. The molecule has 0 unspecified atom stereocenters. The van der Waals surface area contributed by atoms with Gasteiger partial charge in [-0.25, -0.2) is 0 Å². The molecule has 0 aliphatic heterocycles. The van der Waals surface area contributed by atoms with Crippen molar-refractivity contribution in [2.24, 2.45) is 0 Å². The summed E-state index contributed by atoms with van der Waals surface area (Å²) >= 11 is 0. The van der Waals surface area contributed by atoms with Crippen molar-refractivity contribution < 1.29 is 4.89 Å². The summed E-state index contributed by atoms with van der Waals surface area (Å²) in [6.45, 7) is 0. The van der Waals surface area contributed by atoms with Crippen LogP contribution in [0, 0.1) is 0 Å². The van der Waals surface area contributed by atoms with Gasteiger partial charge in [-0.1, -0.05) is 60.7 Å². The number of hydrogen-bond donors (Lipinski definition) is 1. The van der Waals surface area contributed by atoms with Crippen LogP contribution in [0.15, 0.2) is 60.7 Å². The van der Waals surface area contributed by atoms with Gasteiger partial charge in [0.1, 0.15) is 0 Å². The van der Waals surface area contributed by atoms with E-state index in [4.69, 9.17) is 0 Å². The maximum Gasteiger partial charge on any atom is 0.0877 e. The lowest BCUT2D eigenvalue weighted by Gasteiger charge is -2.09. The maximum atomic E-state index is 10.1. The lowest BCUT2D eigenvalue weighted by molar-refractivity contribution is 0.644. The van der Waals surface area contributed by atoms with E-state index in [1.165, 1.54) is 0 Å². The normalized spacial score (nSPS) is 9.12. The standard InChI is InChI=1S/C12H11OP.2HI/c13-14(11-7-3-1-4-8-11)12-9-5-2-6-10-12;;/h1-10,13H;2*1H. The van der Waals surface area contributed by atoms with Crippen LogP contribution in [0.1, 0.15) is 0 Å². The zero-order valence-corrected chi connectivity index (χ0v) is 14.0. The summed E-state index contributed by atoms with van der Waals surface area (Å²) < 4.78 is 0. The fourth-order valence-electron chi connectivity index (χ4n) is 1.29. The molecule has 0 heterocycles. The molecule has 0 radical (unpaired) electrons. The molecule has 16 heavy (non-hydrogen) atoms. The molecule has 1 N–H and O–H groups in total. The van der Waals surface area contributed by atoms with E-state index in [0.717, 1.165) is 10.6 Å². The van der Waals surface area contributed by atoms with Crippen LogP contribution in [0.5, 0.6) is 0 Å². The number of halogens is 2. The van der Waals surface area contributed by atoms with E-state index >= 15 is 0 Å². The first kappa shape index (κ1) is 16.3. The molecule has 0 saturated heterocycles. The average Bonchev–Trinajstić information content (AvgIpc) is 2.30. The number of rotatable bonds is 2. The van der Waals surface area contributed by atoms with Crippen LogP contribution < -0.4 is 10.6 Å². The molecule has 0 atom stereocenters. The van der Waals surface area contributed by atoms with Crippen LogP contribution in [0.3, 0.4) is 0 Å². The highest BCUT2D eigenvalue weighted by Gasteiger charge is 2.08. The summed E-state index contributed by atoms with van der Waals surface area (Å²) in [4.78, 5) is 10.1. The third-order valence-corrected chi connectivity index (χ3v) is 3.58. The fourth-order valence-corrected chi connectivity index (χ4v) is 2.49. The SMILES string of the molecule is I.I.OP(c1ccccc1)c1ccccc1. The Morgan fingerprint density at radius 2 is 0.938 bits per heavy atom. The van der Waals surface area contributed by atoms with Crippen LogP contribution >= 0.6 is 56.1 Å². The smallest absolute Gasteiger partial charge is 0.0877 e. The number of hydrogen-bond acceptors (Lipinski definition) is 1. The van der Waals surface area contributed by atoms with Crippen LogP contribution in [-0.4, -0.2) is 4.89 Å². The third kappa shape index (κ3) is 4.28. The molecule has 86 valence electrons. The zero-order chi connectivity index (χ0) is 9.80. The van der Waals surface area contributed by atoms with E-state index in [9.17, 15) is 4.89 Å². The molecule has 0 amide bonds. The Labute approximate surface area is 131 Å². The molecule has 0 aliphatic rings. The molecule has 0 aromatic heterocycles. The van der Waals surface area contributed by atoms with Crippen molar-refractivity contribution in [2.75, 3.05) is 0 Å². The molecule has 0 aliphatic carbocycles. The highest BCUT2D eigenvalue weighted by molar-refractivity contribution is 14.0. The van der Waals surface area contributed by atoms with E-state index in [-0.39, 0.29) is 48.0 Å². The Morgan fingerprint density at radius 3 is 1.25 bits per heavy atom. The van der Waals surface area contributed by atoms with Gasteiger partial charge < -0.3 is 4.89 Å². The van der Waals surface area contributed by atoms with E-state index in [0.29, 0.717) is 0 Å².